The highest BCUT2D eigenvalue weighted by molar-refractivity contribution is 5.61. The van der Waals surface area contributed by atoms with E-state index in [0.717, 1.165) is 11.1 Å². The van der Waals surface area contributed by atoms with Gasteiger partial charge in [0, 0.05) is 22.5 Å². The van der Waals surface area contributed by atoms with Crippen LogP contribution < -0.4 is 20.9 Å². The first-order chi connectivity index (χ1) is 16.1. The van der Waals surface area contributed by atoms with Gasteiger partial charge in [-0.2, -0.15) is 0 Å². The molecule has 5 rings (SSSR count). The van der Waals surface area contributed by atoms with Crippen LogP contribution in [0.3, 0.4) is 0 Å². The molecule has 0 aliphatic heterocycles. The van der Waals surface area contributed by atoms with Crippen LogP contribution in [0.1, 0.15) is 0 Å². The van der Waals surface area contributed by atoms with Crippen LogP contribution >= 0.6 is 0 Å². The molecule has 33 heavy (non-hydrogen) atoms. The Hall–Kier alpha value is -4.78. The molecule has 0 aliphatic rings. The number of ether oxygens (including phenoxy) is 2. The fraction of sp³-hybridized carbons (Fsp3) is 0. The molecule has 0 saturated carbocycles. The number of nitrogens with two attached hydrogens (primary N) is 2. The Kier molecular flexibility index (Phi) is 5.35. The number of hydrogen-bond donors (Lipinski definition) is 2. The Morgan fingerprint density at radius 2 is 0.939 bits per heavy atom. The van der Waals surface area contributed by atoms with Gasteiger partial charge in [0.1, 0.15) is 23.0 Å². The number of nitrogen functional groups attached to an aromatic ring is 2. The summed E-state index contributed by atoms with van der Waals surface area (Å²) in [7, 11) is 0. The molecule has 5 aromatic rings. The summed E-state index contributed by atoms with van der Waals surface area (Å²) < 4.78 is 17.7. The molecular weight excluding hydrogens is 416 g/mol. The molecular formula is C26H20N4O3. The molecule has 0 amide bonds. The van der Waals surface area contributed by atoms with Crippen molar-refractivity contribution in [2.24, 2.45) is 0 Å². The molecule has 0 radical (unpaired) electrons. The molecule has 0 atom stereocenters. The molecule has 4 aromatic carbocycles. The van der Waals surface area contributed by atoms with Crippen LogP contribution in [-0.4, -0.2) is 10.2 Å². The van der Waals surface area contributed by atoms with E-state index in [2.05, 4.69) is 10.2 Å². The van der Waals surface area contributed by atoms with Crippen molar-refractivity contribution in [3.8, 4) is 45.9 Å². The second-order valence-electron chi connectivity index (χ2n) is 7.31. The molecule has 0 aliphatic carbocycles. The lowest BCUT2D eigenvalue weighted by Gasteiger charge is -2.07. The van der Waals surface area contributed by atoms with E-state index in [1.165, 1.54) is 0 Å². The molecule has 0 bridgehead atoms. The quantitative estimate of drug-likeness (QED) is 0.307. The lowest BCUT2D eigenvalue weighted by atomic mass is 10.2. The number of aromatic nitrogens is 2. The average Bonchev–Trinajstić information content (AvgIpc) is 3.33. The first-order valence-electron chi connectivity index (χ1n) is 10.2. The van der Waals surface area contributed by atoms with E-state index < -0.39 is 0 Å². The Bertz CT molecular complexity index is 1270. The van der Waals surface area contributed by atoms with Crippen molar-refractivity contribution in [3.63, 3.8) is 0 Å². The van der Waals surface area contributed by atoms with Gasteiger partial charge in [0.05, 0.1) is 0 Å². The van der Waals surface area contributed by atoms with Gasteiger partial charge in [-0.1, -0.05) is 12.1 Å². The summed E-state index contributed by atoms with van der Waals surface area (Å²) in [5.74, 6) is 3.44. The maximum Gasteiger partial charge on any atom is 0.248 e. The molecule has 0 spiro atoms. The van der Waals surface area contributed by atoms with Gasteiger partial charge in [0.15, 0.2) is 0 Å². The highest BCUT2D eigenvalue weighted by atomic mass is 16.5. The zero-order valence-electron chi connectivity index (χ0n) is 17.5. The van der Waals surface area contributed by atoms with Crippen molar-refractivity contribution >= 4 is 11.4 Å². The topological polar surface area (TPSA) is 109 Å². The highest BCUT2D eigenvalue weighted by Gasteiger charge is 2.12. The van der Waals surface area contributed by atoms with E-state index in [1.807, 2.05) is 72.8 Å². The third-order valence-corrected chi connectivity index (χ3v) is 4.82. The molecule has 4 N–H and O–H groups in total. The molecule has 0 fully saturated rings. The summed E-state index contributed by atoms with van der Waals surface area (Å²) in [6.45, 7) is 0. The molecule has 0 saturated heterocycles. The minimum absolute atomic E-state index is 0.387. The first-order valence-corrected chi connectivity index (χ1v) is 10.2. The van der Waals surface area contributed by atoms with Crippen molar-refractivity contribution in [1.29, 1.82) is 0 Å². The summed E-state index contributed by atoms with van der Waals surface area (Å²) in [6, 6.07) is 29.3. The van der Waals surface area contributed by atoms with Crippen LogP contribution in [-0.2, 0) is 0 Å². The monoisotopic (exact) mass is 436 g/mol. The van der Waals surface area contributed by atoms with Crippen LogP contribution in [0, 0.1) is 0 Å². The number of anilines is 2. The number of rotatable bonds is 6. The predicted octanol–water partition coefficient (Wildman–Crippen LogP) is 6.15. The van der Waals surface area contributed by atoms with Gasteiger partial charge in [-0.25, -0.2) is 0 Å². The molecule has 0 unspecified atom stereocenters. The Morgan fingerprint density at radius 3 is 1.36 bits per heavy atom. The van der Waals surface area contributed by atoms with Crippen LogP contribution in [0.25, 0.3) is 22.9 Å². The van der Waals surface area contributed by atoms with Gasteiger partial charge < -0.3 is 25.4 Å². The van der Waals surface area contributed by atoms with Gasteiger partial charge in [-0.15, -0.1) is 10.2 Å². The molecule has 1 heterocycles. The Balaban J connectivity index is 1.35. The molecule has 7 heteroatoms. The second kappa shape index (κ2) is 8.76. The lowest BCUT2D eigenvalue weighted by Crippen LogP contribution is -1.87. The van der Waals surface area contributed by atoms with E-state index in [1.54, 1.807) is 24.3 Å². The van der Waals surface area contributed by atoms with Crippen molar-refractivity contribution in [2.75, 3.05) is 11.5 Å². The van der Waals surface area contributed by atoms with E-state index in [4.69, 9.17) is 25.4 Å². The summed E-state index contributed by atoms with van der Waals surface area (Å²) in [5.41, 5.74) is 14.3. The molecule has 7 nitrogen and oxygen atoms in total. The van der Waals surface area contributed by atoms with Crippen LogP contribution in [0.5, 0.6) is 23.0 Å². The van der Waals surface area contributed by atoms with Gasteiger partial charge in [-0.3, -0.25) is 0 Å². The minimum Gasteiger partial charge on any atom is -0.457 e. The van der Waals surface area contributed by atoms with Gasteiger partial charge >= 0.3 is 0 Å². The standard InChI is InChI=1S/C26H20N4O3/c27-19-7-11-21(12-8-19)31-23-5-1-3-17(15-23)25-29-30-26(33-25)18-4-2-6-24(16-18)32-22-13-9-20(28)10-14-22/h1-16H,27-28H2. The summed E-state index contributed by atoms with van der Waals surface area (Å²) in [5, 5.41) is 8.40. The van der Waals surface area contributed by atoms with Crippen LogP contribution in [0.4, 0.5) is 11.4 Å². The average molecular weight is 436 g/mol. The van der Waals surface area contributed by atoms with Crippen molar-refractivity contribution in [1.82, 2.24) is 10.2 Å². The SMILES string of the molecule is Nc1ccc(Oc2cccc(-c3nnc(-c4cccc(Oc5ccc(N)cc5)c4)o3)c2)cc1. The minimum atomic E-state index is 0.387. The van der Waals surface area contributed by atoms with Crippen molar-refractivity contribution in [3.05, 3.63) is 97.1 Å². The molecule has 1 aromatic heterocycles. The zero-order chi connectivity index (χ0) is 22.6. The fourth-order valence-corrected chi connectivity index (χ4v) is 3.19. The van der Waals surface area contributed by atoms with Gasteiger partial charge in [0.25, 0.3) is 0 Å². The fourth-order valence-electron chi connectivity index (χ4n) is 3.19. The second-order valence-corrected chi connectivity index (χ2v) is 7.31. The third kappa shape index (κ3) is 4.77. The normalized spacial score (nSPS) is 10.7. The van der Waals surface area contributed by atoms with Crippen molar-refractivity contribution < 1.29 is 13.9 Å². The van der Waals surface area contributed by atoms with E-state index in [-0.39, 0.29) is 0 Å². The summed E-state index contributed by atoms with van der Waals surface area (Å²) in [4.78, 5) is 0. The zero-order valence-corrected chi connectivity index (χ0v) is 17.5. The first kappa shape index (κ1) is 20.1. The van der Waals surface area contributed by atoms with E-state index in [9.17, 15) is 0 Å². The number of hydrogen-bond acceptors (Lipinski definition) is 7. The van der Waals surface area contributed by atoms with Crippen LogP contribution in [0.2, 0.25) is 0 Å². The Labute approximate surface area is 190 Å². The number of nitrogens with zero attached hydrogens (tertiary/aromatic N) is 2. The third-order valence-electron chi connectivity index (χ3n) is 4.82. The Morgan fingerprint density at radius 1 is 0.515 bits per heavy atom. The van der Waals surface area contributed by atoms with Gasteiger partial charge in [-0.05, 0) is 84.9 Å². The highest BCUT2D eigenvalue weighted by Crippen LogP contribution is 2.31. The maximum atomic E-state index is 5.93. The summed E-state index contributed by atoms with van der Waals surface area (Å²) >= 11 is 0. The predicted molar refractivity (Wildman–Crippen MR) is 127 cm³/mol. The largest absolute Gasteiger partial charge is 0.457 e. The smallest absolute Gasteiger partial charge is 0.248 e. The van der Waals surface area contributed by atoms with E-state index >= 15 is 0 Å². The van der Waals surface area contributed by atoms with Crippen molar-refractivity contribution in [2.45, 2.75) is 0 Å². The molecule has 162 valence electrons. The maximum absolute atomic E-state index is 5.93. The van der Waals surface area contributed by atoms with Gasteiger partial charge in [0.2, 0.25) is 11.8 Å². The number of benzene rings is 4. The lowest BCUT2D eigenvalue weighted by molar-refractivity contribution is 0.482. The summed E-state index contributed by atoms with van der Waals surface area (Å²) in [6.07, 6.45) is 0. The van der Waals surface area contributed by atoms with Crippen LogP contribution in [0.15, 0.2) is 101 Å². The van der Waals surface area contributed by atoms with E-state index in [0.29, 0.717) is 46.2 Å².